The standard InChI is InChI=1S/C15H16ClFN2O/c1-9-14(10(2)19(3)18-9)8-13(20)7-11-6-12(17)4-5-15(11)16/h4-6H,7-8H2,1-3H3. The Kier molecular flexibility index (Phi) is 4.23. The molecule has 5 heteroatoms. The molecule has 0 fully saturated rings. The van der Waals surface area contributed by atoms with E-state index in [1.165, 1.54) is 18.2 Å². The molecule has 0 bridgehead atoms. The zero-order chi connectivity index (χ0) is 14.9. The molecule has 0 radical (unpaired) electrons. The van der Waals surface area contributed by atoms with Crippen molar-refractivity contribution in [2.75, 3.05) is 0 Å². The monoisotopic (exact) mass is 294 g/mol. The Labute approximate surface area is 122 Å². The Bertz CT molecular complexity index is 664. The number of hydrogen-bond acceptors (Lipinski definition) is 2. The Morgan fingerprint density at radius 2 is 2.05 bits per heavy atom. The van der Waals surface area contributed by atoms with Gasteiger partial charge in [0.15, 0.2) is 0 Å². The van der Waals surface area contributed by atoms with Crippen LogP contribution in [-0.2, 0) is 24.7 Å². The molecule has 0 saturated heterocycles. The SMILES string of the molecule is Cc1nn(C)c(C)c1CC(=O)Cc1cc(F)ccc1Cl. The molecule has 1 aromatic heterocycles. The van der Waals surface area contributed by atoms with Crippen molar-refractivity contribution in [3.8, 4) is 0 Å². The van der Waals surface area contributed by atoms with Crippen LogP contribution in [0, 0.1) is 19.7 Å². The van der Waals surface area contributed by atoms with Gasteiger partial charge in [0, 0.05) is 36.2 Å². The van der Waals surface area contributed by atoms with Crippen molar-refractivity contribution in [2.45, 2.75) is 26.7 Å². The van der Waals surface area contributed by atoms with Gasteiger partial charge in [-0.2, -0.15) is 5.10 Å². The fourth-order valence-corrected chi connectivity index (χ4v) is 2.41. The summed E-state index contributed by atoms with van der Waals surface area (Å²) in [4.78, 5) is 12.1. The van der Waals surface area contributed by atoms with Crippen LogP contribution in [-0.4, -0.2) is 15.6 Å². The van der Waals surface area contributed by atoms with E-state index in [1.54, 1.807) is 4.68 Å². The van der Waals surface area contributed by atoms with Crippen molar-refractivity contribution in [2.24, 2.45) is 7.05 Å². The van der Waals surface area contributed by atoms with E-state index in [0.29, 0.717) is 17.0 Å². The number of benzene rings is 1. The Hall–Kier alpha value is -1.68. The lowest BCUT2D eigenvalue weighted by Gasteiger charge is -2.05. The largest absolute Gasteiger partial charge is 0.299 e. The van der Waals surface area contributed by atoms with Crippen LogP contribution in [0.25, 0.3) is 0 Å². The molecule has 0 N–H and O–H groups in total. The van der Waals surface area contributed by atoms with Crippen molar-refractivity contribution >= 4 is 17.4 Å². The number of aryl methyl sites for hydroxylation is 2. The topological polar surface area (TPSA) is 34.9 Å². The van der Waals surface area contributed by atoms with Gasteiger partial charge in [0.2, 0.25) is 0 Å². The van der Waals surface area contributed by atoms with E-state index in [2.05, 4.69) is 5.10 Å². The zero-order valence-electron chi connectivity index (χ0n) is 11.7. The normalized spacial score (nSPS) is 10.8. The van der Waals surface area contributed by atoms with Gasteiger partial charge < -0.3 is 0 Å². The zero-order valence-corrected chi connectivity index (χ0v) is 12.5. The van der Waals surface area contributed by atoms with Gasteiger partial charge in [0.05, 0.1) is 5.69 Å². The number of rotatable bonds is 4. The van der Waals surface area contributed by atoms with Crippen LogP contribution in [0.2, 0.25) is 5.02 Å². The highest BCUT2D eigenvalue weighted by Crippen LogP contribution is 2.19. The smallest absolute Gasteiger partial charge is 0.141 e. The molecular weight excluding hydrogens is 279 g/mol. The average molecular weight is 295 g/mol. The van der Waals surface area contributed by atoms with Crippen LogP contribution in [0.15, 0.2) is 18.2 Å². The van der Waals surface area contributed by atoms with E-state index >= 15 is 0 Å². The van der Waals surface area contributed by atoms with Gasteiger partial charge in [-0.25, -0.2) is 4.39 Å². The lowest BCUT2D eigenvalue weighted by atomic mass is 10.0. The summed E-state index contributed by atoms with van der Waals surface area (Å²) in [6.45, 7) is 3.81. The van der Waals surface area contributed by atoms with E-state index in [4.69, 9.17) is 11.6 Å². The number of carbonyl (C=O) groups excluding carboxylic acids is 1. The molecule has 0 saturated carbocycles. The Morgan fingerprint density at radius 1 is 1.35 bits per heavy atom. The lowest BCUT2D eigenvalue weighted by Crippen LogP contribution is -2.09. The molecule has 3 nitrogen and oxygen atoms in total. The molecule has 0 aliphatic rings. The van der Waals surface area contributed by atoms with E-state index in [9.17, 15) is 9.18 Å². The maximum Gasteiger partial charge on any atom is 0.141 e. The van der Waals surface area contributed by atoms with Gasteiger partial charge in [-0.15, -0.1) is 0 Å². The highest BCUT2D eigenvalue weighted by atomic mass is 35.5. The number of nitrogens with zero attached hydrogens (tertiary/aromatic N) is 2. The van der Waals surface area contributed by atoms with Crippen LogP contribution in [0.3, 0.4) is 0 Å². The molecule has 2 rings (SSSR count). The predicted molar refractivity (Wildman–Crippen MR) is 76.5 cm³/mol. The highest BCUT2D eigenvalue weighted by molar-refractivity contribution is 6.31. The molecule has 0 amide bonds. The van der Waals surface area contributed by atoms with Gasteiger partial charge in [-0.1, -0.05) is 11.6 Å². The summed E-state index contributed by atoms with van der Waals surface area (Å²) < 4.78 is 14.9. The molecule has 106 valence electrons. The number of carbonyl (C=O) groups is 1. The summed E-state index contributed by atoms with van der Waals surface area (Å²) in [7, 11) is 1.85. The summed E-state index contributed by atoms with van der Waals surface area (Å²) >= 11 is 5.97. The number of halogens is 2. The predicted octanol–water partition coefficient (Wildman–Crippen LogP) is 3.18. The highest BCUT2D eigenvalue weighted by Gasteiger charge is 2.15. The molecule has 0 atom stereocenters. The molecule has 0 aliphatic carbocycles. The average Bonchev–Trinajstić information content (AvgIpc) is 2.61. The van der Waals surface area contributed by atoms with Crippen molar-refractivity contribution in [3.63, 3.8) is 0 Å². The molecule has 1 aromatic carbocycles. The molecule has 20 heavy (non-hydrogen) atoms. The van der Waals surface area contributed by atoms with Gasteiger partial charge >= 0.3 is 0 Å². The third kappa shape index (κ3) is 3.07. The van der Waals surface area contributed by atoms with Gasteiger partial charge in [-0.05, 0) is 37.6 Å². The molecule has 2 aromatic rings. The third-order valence-corrected chi connectivity index (χ3v) is 3.80. The fourth-order valence-electron chi connectivity index (χ4n) is 2.22. The van der Waals surface area contributed by atoms with Gasteiger partial charge in [0.25, 0.3) is 0 Å². The maximum absolute atomic E-state index is 13.2. The van der Waals surface area contributed by atoms with Gasteiger partial charge in [-0.3, -0.25) is 9.48 Å². The van der Waals surface area contributed by atoms with Crippen LogP contribution in [0.4, 0.5) is 4.39 Å². The molecule has 1 heterocycles. The van der Waals surface area contributed by atoms with Crippen molar-refractivity contribution in [1.29, 1.82) is 0 Å². The first kappa shape index (κ1) is 14.7. The third-order valence-electron chi connectivity index (χ3n) is 3.43. The second-order valence-corrected chi connectivity index (χ2v) is 5.31. The second-order valence-electron chi connectivity index (χ2n) is 4.90. The van der Waals surface area contributed by atoms with Crippen LogP contribution in [0.1, 0.15) is 22.5 Å². The Morgan fingerprint density at radius 3 is 2.65 bits per heavy atom. The summed E-state index contributed by atoms with van der Waals surface area (Å²) in [5, 5.41) is 4.70. The van der Waals surface area contributed by atoms with Crippen molar-refractivity contribution in [1.82, 2.24) is 9.78 Å². The van der Waals surface area contributed by atoms with E-state index in [1.807, 2.05) is 20.9 Å². The number of Topliss-reactive ketones (excluding diaryl/α,β-unsaturated/α-hetero) is 1. The molecule has 0 unspecified atom stereocenters. The summed E-state index contributed by atoms with van der Waals surface area (Å²) in [6, 6.07) is 4.06. The Balaban J connectivity index is 2.15. The first-order valence-electron chi connectivity index (χ1n) is 6.33. The quantitative estimate of drug-likeness (QED) is 0.868. The first-order valence-corrected chi connectivity index (χ1v) is 6.71. The summed E-state index contributed by atoms with van der Waals surface area (Å²) in [5.41, 5.74) is 3.28. The van der Waals surface area contributed by atoms with Gasteiger partial charge in [0.1, 0.15) is 11.6 Å². The van der Waals surface area contributed by atoms with E-state index in [0.717, 1.165) is 17.0 Å². The second kappa shape index (κ2) is 5.75. The minimum absolute atomic E-state index is 0.00306. The number of aromatic nitrogens is 2. The van der Waals surface area contributed by atoms with Crippen molar-refractivity contribution < 1.29 is 9.18 Å². The number of hydrogen-bond donors (Lipinski definition) is 0. The lowest BCUT2D eigenvalue weighted by molar-refractivity contribution is -0.117. The van der Waals surface area contributed by atoms with Crippen molar-refractivity contribution in [3.05, 3.63) is 51.6 Å². The summed E-state index contributed by atoms with van der Waals surface area (Å²) in [6.07, 6.45) is 0.419. The minimum Gasteiger partial charge on any atom is -0.299 e. The maximum atomic E-state index is 13.2. The van der Waals surface area contributed by atoms with E-state index in [-0.39, 0.29) is 18.0 Å². The molecule has 0 spiro atoms. The molecule has 0 aliphatic heterocycles. The minimum atomic E-state index is -0.383. The van der Waals surface area contributed by atoms with E-state index < -0.39 is 0 Å². The molecular formula is C15H16ClFN2O. The fraction of sp³-hybridized carbons (Fsp3) is 0.333. The van der Waals surface area contributed by atoms with Crippen LogP contribution in [0.5, 0.6) is 0 Å². The number of ketones is 1. The van der Waals surface area contributed by atoms with Crippen LogP contribution >= 0.6 is 11.6 Å². The first-order chi connectivity index (χ1) is 9.38. The summed E-state index contributed by atoms with van der Waals surface area (Å²) in [5.74, 6) is -0.386. The van der Waals surface area contributed by atoms with Crippen LogP contribution < -0.4 is 0 Å².